The van der Waals surface area contributed by atoms with Crippen LogP contribution >= 0.6 is 11.7 Å². The van der Waals surface area contributed by atoms with Crippen LogP contribution in [0.25, 0.3) is 11.0 Å². The molecule has 0 bridgehead atoms. The highest BCUT2D eigenvalue weighted by Crippen LogP contribution is 2.47. The zero-order valence-electron chi connectivity index (χ0n) is 21.7. The van der Waals surface area contributed by atoms with E-state index < -0.39 is 0 Å². The Labute approximate surface area is 214 Å². The minimum atomic E-state index is 0.985. The van der Waals surface area contributed by atoms with Crippen molar-refractivity contribution >= 4 is 34.1 Å². The number of hydrogen-bond acceptors (Lipinski definition) is 5. The molecule has 0 aliphatic carbocycles. The molecule has 0 fully saturated rings. The highest BCUT2D eigenvalue weighted by Gasteiger charge is 2.24. The average Bonchev–Trinajstić information content (AvgIpc) is 3.35. The van der Waals surface area contributed by atoms with Gasteiger partial charge >= 0.3 is 0 Å². The second kappa shape index (κ2) is 11.7. The van der Waals surface area contributed by atoms with Crippen molar-refractivity contribution in [3.8, 4) is 11.5 Å². The van der Waals surface area contributed by atoms with Crippen molar-refractivity contribution < 1.29 is 4.74 Å². The maximum Gasteiger partial charge on any atom is 0.151 e. The standard InChI is InChI=1S/C22H29NO.C8H8N2S/c1-4-5-6-7-8-9-14-23-19-12-10-17(2)15-21(19)24-22-16-18(3)11-13-20(22)23;1-5-3-4-6(2)8-7(5)9-11-10-8/h10-13,15-16H,4-9,14H2,1-3H3;3-4H,1-2H3. The molecule has 5 heteroatoms. The minimum absolute atomic E-state index is 0.985. The summed E-state index contributed by atoms with van der Waals surface area (Å²) in [6.45, 7) is 11.7. The molecule has 3 aromatic carbocycles. The molecule has 0 saturated carbocycles. The van der Waals surface area contributed by atoms with E-state index in [-0.39, 0.29) is 0 Å². The molecule has 0 N–H and O–H groups in total. The van der Waals surface area contributed by atoms with E-state index in [1.165, 1.54) is 83.9 Å². The van der Waals surface area contributed by atoms with E-state index in [0.29, 0.717) is 0 Å². The van der Waals surface area contributed by atoms with Gasteiger partial charge < -0.3 is 9.64 Å². The van der Waals surface area contributed by atoms with Crippen LogP contribution in [0.3, 0.4) is 0 Å². The zero-order chi connectivity index (χ0) is 24.8. The number of ether oxygens (including phenoxy) is 1. The molecular weight excluding hydrogens is 450 g/mol. The topological polar surface area (TPSA) is 38.2 Å². The maximum absolute atomic E-state index is 6.19. The van der Waals surface area contributed by atoms with Crippen molar-refractivity contribution in [3.63, 3.8) is 0 Å². The fraction of sp³-hybridized carbons (Fsp3) is 0.400. The number of fused-ring (bicyclic) bond motifs is 3. The fourth-order valence-corrected chi connectivity index (χ4v) is 5.17. The second-order valence-electron chi connectivity index (χ2n) is 9.62. The molecule has 4 aromatic rings. The first kappa shape index (κ1) is 25.2. The molecule has 0 radical (unpaired) electrons. The Bertz CT molecular complexity index is 1190. The molecule has 1 aliphatic heterocycles. The summed E-state index contributed by atoms with van der Waals surface area (Å²) in [7, 11) is 0. The van der Waals surface area contributed by atoms with Crippen LogP contribution in [0, 0.1) is 27.7 Å². The highest BCUT2D eigenvalue weighted by molar-refractivity contribution is 7.00. The van der Waals surface area contributed by atoms with Gasteiger partial charge in [0.05, 0.1) is 23.1 Å². The van der Waals surface area contributed by atoms with Gasteiger partial charge in [-0.15, -0.1) is 0 Å². The van der Waals surface area contributed by atoms with Crippen molar-refractivity contribution in [1.29, 1.82) is 0 Å². The highest BCUT2D eigenvalue weighted by atomic mass is 32.1. The summed E-state index contributed by atoms with van der Waals surface area (Å²) in [5.41, 5.74) is 9.40. The number of hydrogen-bond donors (Lipinski definition) is 0. The summed E-state index contributed by atoms with van der Waals surface area (Å²) in [4.78, 5) is 2.44. The lowest BCUT2D eigenvalue weighted by atomic mass is 10.1. The molecule has 2 heterocycles. The van der Waals surface area contributed by atoms with E-state index in [0.717, 1.165) is 29.1 Å². The number of aryl methyl sites for hydroxylation is 4. The largest absolute Gasteiger partial charge is 0.453 e. The number of nitrogens with zero attached hydrogens (tertiary/aromatic N) is 3. The summed E-state index contributed by atoms with van der Waals surface area (Å²) >= 11 is 1.28. The van der Waals surface area contributed by atoms with Gasteiger partial charge in [0.1, 0.15) is 11.0 Å². The number of unbranched alkanes of at least 4 members (excludes halogenated alkanes) is 5. The van der Waals surface area contributed by atoms with Crippen molar-refractivity contribution in [2.24, 2.45) is 0 Å². The van der Waals surface area contributed by atoms with E-state index in [9.17, 15) is 0 Å². The molecule has 1 aliphatic rings. The monoisotopic (exact) mass is 487 g/mol. The van der Waals surface area contributed by atoms with Gasteiger partial charge in [0, 0.05) is 6.54 Å². The number of rotatable bonds is 7. The van der Waals surface area contributed by atoms with Crippen LogP contribution < -0.4 is 9.64 Å². The molecular formula is C30H37N3OS. The molecule has 0 amide bonds. The van der Waals surface area contributed by atoms with Crippen LogP contribution in [0.5, 0.6) is 11.5 Å². The molecule has 1 aromatic heterocycles. The Kier molecular flexibility index (Phi) is 8.40. The fourth-order valence-electron chi connectivity index (χ4n) is 4.51. The van der Waals surface area contributed by atoms with E-state index in [1.807, 2.05) is 0 Å². The van der Waals surface area contributed by atoms with Gasteiger partial charge in [-0.25, -0.2) is 0 Å². The quantitative estimate of drug-likeness (QED) is 0.243. The third-order valence-corrected chi connectivity index (χ3v) is 7.11. The van der Waals surface area contributed by atoms with Gasteiger partial charge in [0.25, 0.3) is 0 Å². The Morgan fingerprint density at radius 3 is 1.74 bits per heavy atom. The molecule has 0 unspecified atom stereocenters. The van der Waals surface area contributed by atoms with Crippen LogP contribution in [0.4, 0.5) is 11.4 Å². The van der Waals surface area contributed by atoms with E-state index in [1.54, 1.807) is 0 Å². The predicted molar refractivity (Wildman–Crippen MR) is 150 cm³/mol. The van der Waals surface area contributed by atoms with Gasteiger partial charge in [-0.2, -0.15) is 8.75 Å². The number of aromatic nitrogens is 2. The minimum Gasteiger partial charge on any atom is -0.453 e. The first-order valence-corrected chi connectivity index (χ1v) is 13.6. The third-order valence-electron chi connectivity index (χ3n) is 6.59. The molecule has 5 rings (SSSR count). The predicted octanol–water partition coefficient (Wildman–Crippen LogP) is 9.22. The number of anilines is 2. The SMILES string of the molecule is CCCCCCCCN1c2ccc(C)cc2Oc2cc(C)ccc21.Cc1ccc(C)c2nsnc12. The Hall–Kier alpha value is -2.92. The third kappa shape index (κ3) is 6.02. The van der Waals surface area contributed by atoms with E-state index >= 15 is 0 Å². The van der Waals surface area contributed by atoms with Crippen molar-refractivity contribution in [2.45, 2.75) is 73.1 Å². The van der Waals surface area contributed by atoms with Crippen molar-refractivity contribution in [1.82, 2.24) is 8.75 Å². The summed E-state index contributed by atoms with van der Waals surface area (Å²) in [5, 5.41) is 0. The Balaban J connectivity index is 0.000000218. The Morgan fingerprint density at radius 2 is 1.20 bits per heavy atom. The lowest BCUT2D eigenvalue weighted by Crippen LogP contribution is -2.22. The van der Waals surface area contributed by atoms with Gasteiger partial charge in [-0.05, 0) is 80.6 Å². The second-order valence-corrected chi connectivity index (χ2v) is 10.2. The van der Waals surface area contributed by atoms with Crippen LogP contribution in [-0.2, 0) is 0 Å². The molecule has 184 valence electrons. The normalized spacial score (nSPS) is 12.0. The van der Waals surface area contributed by atoms with Gasteiger partial charge in [0.2, 0.25) is 0 Å². The molecule has 4 nitrogen and oxygen atoms in total. The van der Waals surface area contributed by atoms with Crippen molar-refractivity contribution in [3.05, 3.63) is 70.8 Å². The summed E-state index contributed by atoms with van der Waals surface area (Å²) in [6, 6.07) is 17.2. The Morgan fingerprint density at radius 1 is 0.686 bits per heavy atom. The van der Waals surface area contributed by atoms with Crippen LogP contribution in [0.1, 0.15) is 67.7 Å². The van der Waals surface area contributed by atoms with Crippen molar-refractivity contribution in [2.75, 3.05) is 11.4 Å². The summed E-state index contributed by atoms with van der Waals surface area (Å²) < 4.78 is 14.6. The average molecular weight is 488 g/mol. The first-order chi connectivity index (χ1) is 17.0. The van der Waals surface area contributed by atoms with Crippen LogP contribution in [0.15, 0.2) is 48.5 Å². The van der Waals surface area contributed by atoms with E-state index in [4.69, 9.17) is 4.74 Å². The molecule has 0 spiro atoms. The lowest BCUT2D eigenvalue weighted by molar-refractivity contribution is 0.471. The zero-order valence-corrected chi connectivity index (χ0v) is 22.5. The molecule has 0 saturated heterocycles. The molecule has 35 heavy (non-hydrogen) atoms. The smallest absolute Gasteiger partial charge is 0.151 e. The molecule has 0 atom stereocenters. The summed E-state index contributed by atoms with van der Waals surface area (Å²) in [5.74, 6) is 1.97. The lowest BCUT2D eigenvalue weighted by Gasteiger charge is -2.33. The van der Waals surface area contributed by atoms with Gasteiger partial charge in [0.15, 0.2) is 11.5 Å². The maximum atomic E-state index is 6.19. The van der Waals surface area contributed by atoms with Crippen LogP contribution in [0.2, 0.25) is 0 Å². The van der Waals surface area contributed by atoms with E-state index in [2.05, 4.69) is 96.8 Å². The van der Waals surface area contributed by atoms with Gasteiger partial charge in [-0.1, -0.05) is 63.3 Å². The van der Waals surface area contributed by atoms with Crippen LogP contribution in [-0.4, -0.2) is 15.3 Å². The van der Waals surface area contributed by atoms with Gasteiger partial charge in [-0.3, -0.25) is 0 Å². The number of benzene rings is 3. The summed E-state index contributed by atoms with van der Waals surface area (Å²) in [6.07, 6.45) is 7.92. The first-order valence-electron chi connectivity index (χ1n) is 12.8.